The van der Waals surface area contributed by atoms with E-state index in [-0.39, 0.29) is 5.78 Å². The molecule has 2 aromatic rings. The lowest BCUT2D eigenvalue weighted by Gasteiger charge is -2.02. The van der Waals surface area contributed by atoms with Crippen LogP contribution in [0.5, 0.6) is 0 Å². The predicted molar refractivity (Wildman–Crippen MR) is 74.6 cm³/mol. The van der Waals surface area contributed by atoms with Crippen molar-refractivity contribution in [2.75, 3.05) is 5.75 Å². The number of carbonyl (C=O) groups excluding carboxylic acids is 1. The third-order valence-electron chi connectivity index (χ3n) is 3.22. The van der Waals surface area contributed by atoms with Crippen LogP contribution in [0.15, 0.2) is 29.4 Å². The Labute approximate surface area is 116 Å². The zero-order valence-electron chi connectivity index (χ0n) is 10.7. The molecule has 0 amide bonds. The van der Waals surface area contributed by atoms with E-state index in [1.165, 1.54) is 24.6 Å². The molecule has 0 saturated heterocycles. The Morgan fingerprint density at radius 2 is 2.21 bits per heavy atom. The van der Waals surface area contributed by atoms with Crippen molar-refractivity contribution >= 4 is 17.5 Å². The van der Waals surface area contributed by atoms with Crippen molar-refractivity contribution in [3.63, 3.8) is 0 Å². The quantitative estimate of drug-likeness (QED) is 0.672. The monoisotopic (exact) mass is 273 g/mol. The highest BCUT2D eigenvalue weighted by Crippen LogP contribution is 2.38. The number of nitrogens with one attached hydrogen (secondary N) is 1. The van der Waals surface area contributed by atoms with Gasteiger partial charge in [-0.05, 0) is 25.3 Å². The number of carbonyl (C=O) groups is 1. The van der Waals surface area contributed by atoms with E-state index >= 15 is 0 Å². The van der Waals surface area contributed by atoms with E-state index in [2.05, 4.69) is 15.2 Å². The normalized spacial score (nSPS) is 14.6. The van der Waals surface area contributed by atoms with Gasteiger partial charge in [-0.3, -0.25) is 9.89 Å². The van der Waals surface area contributed by atoms with E-state index in [1.807, 2.05) is 31.2 Å². The molecule has 1 aliphatic carbocycles. The fourth-order valence-corrected chi connectivity index (χ4v) is 2.64. The Kier molecular flexibility index (Phi) is 3.38. The Hall–Kier alpha value is -1.62. The topological polar surface area (TPSA) is 58.6 Å². The molecule has 1 aromatic carbocycles. The maximum Gasteiger partial charge on any atom is 0.208 e. The molecule has 4 nitrogen and oxygen atoms in total. The van der Waals surface area contributed by atoms with Gasteiger partial charge in [-0.15, -0.1) is 5.10 Å². The van der Waals surface area contributed by atoms with Gasteiger partial charge in [0.25, 0.3) is 0 Å². The van der Waals surface area contributed by atoms with Crippen molar-refractivity contribution in [1.29, 1.82) is 0 Å². The molecule has 0 aliphatic heterocycles. The molecule has 0 spiro atoms. The van der Waals surface area contributed by atoms with Crippen LogP contribution in [0.4, 0.5) is 0 Å². The van der Waals surface area contributed by atoms with Crippen LogP contribution in [0.2, 0.25) is 0 Å². The van der Waals surface area contributed by atoms with Crippen LogP contribution < -0.4 is 0 Å². The van der Waals surface area contributed by atoms with Crippen LogP contribution in [0.3, 0.4) is 0 Å². The minimum atomic E-state index is 0.126. The standard InChI is InChI=1S/C14H15N3OS/c1-9-4-2-3-5-11(9)12(18)8-19-14-15-13(16-17-14)10-6-7-10/h2-5,10H,6-8H2,1H3,(H,15,16,17). The number of benzene rings is 1. The Bertz CT molecular complexity index is 604. The van der Waals surface area contributed by atoms with Gasteiger partial charge in [0.05, 0.1) is 5.75 Å². The van der Waals surface area contributed by atoms with Gasteiger partial charge in [0.2, 0.25) is 5.16 Å². The predicted octanol–water partition coefficient (Wildman–Crippen LogP) is 2.97. The van der Waals surface area contributed by atoms with Gasteiger partial charge in [0.1, 0.15) is 5.82 Å². The summed E-state index contributed by atoms with van der Waals surface area (Å²) in [5, 5.41) is 7.76. The van der Waals surface area contributed by atoms with Gasteiger partial charge in [-0.2, -0.15) is 0 Å². The van der Waals surface area contributed by atoms with Crippen molar-refractivity contribution in [1.82, 2.24) is 15.2 Å². The largest absolute Gasteiger partial charge is 0.293 e. The second-order valence-corrected chi connectivity index (χ2v) is 5.75. The molecule has 0 radical (unpaired) electrons. The van der Waals surface area contributed by atoms with E-state index < -0.39 is 0 Å². The van der Waals surface area contributed by atoms with Gasteiger partial charge in [-0.25, -0.2) is 4.98 Å². The number of hydrogen-bond donors (Lipinski definition) is 1. The molecule has 1 aliphatic rings. The van der Waals surface area contributed by atoms with Crippen LogP contribution >= 0.6 is 11.8 Å². The smallest absolute Gasteiger partial charge is 0.208 e. The van der Waals surface area contributed by atoms with E-state index in [9.17, 15) is 4.79 Å². The number of H-pyrrole nitrogens is 1. The van der Waals surface area contributed by atoms with Crippen molar-refractivity contribution in [3.8, 4) is 0 Å². The summed E-state index contributed by atoms with van der Waals surface area (Å²) in [5.74, 6) is 2.04. The number of aromatic amines is 1. The first kappa shape index (κ1) is 12.4. The zero-order chi connectivity index (χ0) is 13.2. The highest BCUT2D eigenvalue weighted by Gasteiger charge is 2.27. The maximum absolute atomic E-state index is 12.1. The van der Waals surface area contributed by atoms with Gasteiger partial charge in [0.15, 0.2) is 5.78 Å². The minimum Gasteiger partial charge on any atom is -0.293 e. The van der Waals surface area contributed by atoms with E-state index in [4.69, 9.17) is 0 Å². The molecule has 1 saturated carbocycles. The lowest BCUT2D eigenvalue weighted by Crippen LogP contribution is -2.04. The lowest BCUT2D eigenvalue weighted by atomic mass is 10.1. The van der Waals surface area contributed by atoms with Crippen molar-refractivity contribution in [2.45, 2.75) is 30.8 Å². The van der Waals surface area contributed by atoms with Gasteiger partial charge in [-0.1, -0.05) is 36.0 Å². The summed E-state index contributed by atoms with van der Waals surface area (Å²) < 4.78 is 0. The molecular weight excluding hydrogens is 258 g/mol. The maximum atomic E-state index is 12.1. The fraction of sp³-hybridized carbons (Fsp3) is 0.357. The number of hydrogen-bond acceptors (Lipinski definition) is 4. The minimum absolute atomic E-state index is 0.126. The van der Waals surface area contributed by atoms with Crippen LogP contribution in [0, 0.1) is 6.92 Å². The van der Waals surface area contributed by atoms with Crippen LogP contribution in [0.25, 0.3) is 0 Å². The van der Waals surface area contributed by atoms with Crippen LogP contribution in [-0.4, -0.2) is 26.7 Å². The summed E-state index contributed by atoms with van der Waals surface area (Å²) >= 11 is 1.40. The van der Waals surface area contributed by atoms with Crippen LogP contribution in [0.1, 0.15) is 40.5 Å². The van der Waals surface area contributed by atoms with Gasteiger partial charge in [0, 0.05) is 11.5 Å². The molecule has 1 heterocycles. The first-order valence-corrected chi connectivity index (χ1v) is 7.36. The summed E-state index contributed by atoms with van der Waals surface area (Å²) in [7, 11) is 0. The van der Waals surface area contributed by atoms with Crippen LogP contribution in [-0.2, 0) is 0 Å². The highest BCUT2D eigenvalue weighted by atomic mass is 32.2. The molecular formula is C14H15N3OS. The van der Waals surface area contributed by atoms with E-state index in [0.29, 0.717) is 16.8 Å². The summed E-state index contributed by atoms with van der Waals surface area (Å²) in [5.41, 5.74) is 1.80. The molecule has 3 rings (SSSR count). The number of rotatable bonds is 5. The zero-order valence-corrected chi connectivity index (χ0v) is 11.5. The molecule has 98 valence electrons. The second kappa shape index (κ2) is 5.17. The van der Waals surface area contributed by atoms with Gasteiger partial charge >= 0.3 is 0 Å². The SMILES string of the molecule is Cc1ccccc1C(=O)CSc1n[nH]c(C2CC2)n1. The Balaban J connectivity index is 1.62. The average molecular weight is 273 g/mol. The average Bonchev–Trinajstić information content (AvgIpc) is 3.16. The molecule has 5 heteroatoms. The number of nitrogens with zero attached hydrogens (tertiary/aromatic N) is 2. The molecule has 1 aromatic heterocycles. The molecule has 19 heavy (non-hydrogen) atoms. The fourth-order valence-electron chi connectivity index (χ4n) is 1.96. The molecule has 1 N–H and O–H groups in total. The highest BCUT2D eigenvalue weighted by molar-refractivity contribution is 7.99. The number of aromatic nitrogens is 3. The second-order valence-electron chi connectivity index (χ2n) is 4.80. The molecule has 0 unspecified atom stereocenters. The molecule has 0 bridgehead atoms. The number of aryl methyl sites for hydroxylation is 1. The third-order valence-corrected chi connectivity index (χ3v) is 4.07. The Morgan fingerprint density at radius 1 is 1.42 bits per heavy atom. The van der Waals surface area contributed by atoms with Crippen molar-refractivity contribution < 1.29 is 4.79 Å². The summed E-state index contributed by atoms with van der Waals surface area (Å²) in [6, 6.07) is 7.65. The van der Waals surface area contributed by atoms with Crippen molar-refractivity contribution in [3.05, 3.63) is 41.2 Å². The van der Waals surface area contributed by atoms with E-state index in [0.717, 1.165) is 17.0 Å². The summed E-state index contributed by atoms with van der Waals surface area (Å²) in [6.45, 7) is 1.95. The summed E-state index contributed by atoms with van der Waals surface area (Å²) in [6.07, 6.45) is 2.39. The van der Waals surface area contributed by atoms with E-state index in [1.54, 1.807) is 0 Å². The lowest BCUT2D eigenvalue weighted by molar-refractivity contribution is 0.102. The first-order valence-electron chi connectivity index (χ1n) is 6.38. The number of Topliss-reactive ketones (excluding diaryl/α,β-unsaturated/α-hetero) is 1. The Morgan fingerprint density at radius 3 is 2.95 bits per heavy atom. The molecule has 1 fully saturated rings. The number of ketones is 1. The third kappa shape index (κ3) is 2.87. The van der Waals surface area contributed by atoms with Gasteiger partial charge < -0.3 is 0 Å². The molecule has 0 atom stereocenters. The number of thioether (sulfide) groups is 1. The first-order chi connectivity index (χ1) is 9.24. The van der Waals surface area contributed by atoms with Crippen molar-refractivity contribution in [2.24, 2.45) is 0 Å². The summed E-state index contributed by atoms with van der Waals surface area (Å²) in [4.78, 5) is 16.5.